The molecule has 0 bridgehead atoms. The largest absolute Gasteiger partial charge is 0.444 e. The van der Waals surface area contributed by atoms with Crippen LogP contribution in [0.2, 0.25) is 10.0 Å². The summed E-state index contributed by atoms with van der Waals surface area (Å²) in [5.41, 5.74) is 0.434. The van der Waals surface area contributed by atoms with Gasteiger partial charge in [-0.3, -0.25) is 4.79 Å². The van der Waals surface area contributed by atoms with Crippen LogP contribution in [-0.2, 0) is 9.53 Å². The van der Waals surface area contributed by atoms with E-state index in [-0.39, 0.29) is 24.5 Å². The highest BCUT2D eigenvalue weighted by atomic mass is 35.5. The molecule has 2 amide bonds. The zero-order valence-electron chi connectivity index (χ0n) is 15.8. The van der Waals surface area contributed by atoms with Crippen molar-refractivity contribution in [3.63, 3.8) is 0 Å². The molecule has 1 atom stereocenters. The number of hydrogen-bond donors (Lipinski definition) is 2. The van der Waals surface area contributed by atoms with E-state index < -0.39 is 5.60 Å². The Hall–Kier alpha value is -1.79. The van der Waals surface area contributed by atoms with Gasteiger partial charge in [0.1, 0.15) is 5.60 Å². The zero-order valence-corrected chi connectivity index (χ0v) is 17.3. The number of likely N-dealkylation sites (tertiary alicyclic amines) is 1. The van der Waals surface area contributed by atoms with Crippen molar-refractivity contribution in [2.45, 2.75) is 51.7 Å². The van der Waals surface area contributed by atoms with Crippen molar-refractivity contribution in [1.29, 1.82) is 5.41 Å². The van der Waals surface area contributed by atoms with Crippen molar-refractivity contribution < 1.29 is 14.3 Å². The maximum absolute atomic E-state index is 12.2. The summed E-state index contributed by atoms with van der Waals surface area (Å²) in [5, 5.41) is 11.8. The van der Waals surface area contributed by atoms with Crippen molar-refractivity contribution in [3.05, 3.63) is 33.8 Å². The second kappa shape index (κ2) is 8.93. The van der Waals surface area contributed by atoms with Crippen molar-refractivity contribution >= 4 is 40.9 Å². The van der Waals surface area contributed by atoms with Gasteiger partial charge in [0.15, 0.2) is 0 Å². The molecular weight excluding hydrogens is 389 g/mol. The SMILES string of the molecule is CC(C)(C)OC(=O)N1CCC(NC(=O)CCC(=N)c2ccc(Cl)c(Cl)c2)C1. The number of nitrogens with one attached hydrogen (secondary N) is 2. The number of hydrogen-bond acceptors (Lipinski definition) is 4. The fourth-order valence-electron chi connectivity index (χ4n) is 2.74. The topological polar surface area (TPSA) is 82.5 Å². The van der Waals surface area contributed by atoms with Crippen LogP contribution >= 0.6 is 23.2 Å². The standard InChI is InChI=1S/C19H25Cl2N3O3/c1-19(2,3)27-18(26)24-9-8-13(11-24)23-17(25)7-6-16(22)12-4-5-14(20)15(21)10-12/h4-5,10,13,22H,6-9,11H2,1-3H3,(H,23,25). The summed E-state index contributed by atoms with van der Waals surface area (Å²) in [6, 6.07) is 4.88. The summed E-state index contributed by atoms with van der Waals surface area (Å²) in [7, 11) is 0. The van der Waals surface area contributed by atoms with Gasteiger partial charge in [-0.15, -0.1) is 0 Å². The second-order valence-corrected chi connectivity index (χ2v) is 8.40. The molecule has 2 N–H and O–H groups in total. The van der Waals surface area contributed by atoms with E-state index in [1.807, 2.05) is 20.8 Å². The average Bonchev–Trinajstić information content (AvgIpc) is 3.02. The summed E-state index contributed by atoms with van der Waals surface area (Å²) in [5.74, 6) is -0.143. The van der Waals surface area contributed by atoms with Gasteiger partial charge in [-0.2, -0.15) is 0 Å². The summed E-state index contributed by atoms with van der Waals surface area (Å²) in [6.45, 7) is 6.46. The Bertz CT molecular complexity index is 731. The van der Waals surface area contributed by atoms with Crippen LogP contribution in [0.1, 0.15) is 45.6 Å². The Morgan fingerprint density at radius 1 is 1.26 bits per heavy atom. The van der Waals surface area contributed by atoms with Gasteiger partial charge in [-0.05, 0) is 51.3 Å². The first-order valence-corrected chi connectivity index (χ1v) is 9.61. The Morgan fingerprint density at radius 2 is 1.96 bits per heavy atom. The zero-order chi connectivity index (χ0) is 20.2. The van der Waals surface area contributed by atoms with E-state index in [0.717, 1.165) is 0 Å². The maximum atomic E-state index is 12.2. The fraction of sp³-hybridized carbons (Fsp3) is 0.526. The summed E-state index contributed by atoms with van der Waals surface area (Å²) in [6.07, 6.45) is 0.824. The molecule has 1 aliphatic heterocycles. The van der Waals surface area contributed by atoms with Crippen molar-refractivity contribution in [1.82, 2.24) is 10.2 Å². The first-order chi connectivity index (χ1) is 12.5. The quantitative estimate of drug-likeness (QED) is 0.706. The monoisotopic (exact) mass is 413 g/mol. The normalized spacial score (nSPS) is 16.9. The van der Waals surface area contributed by atoms with Crippen LogP contribution in [0.4, 0.5) is 4.79 Å². The first-order valence-electron chi connectivity index (χ1n) is 8.85. The van der Waals surface area contributed by atoms with Gasteiger partial charge in [0.25, 0.3) is 0 Å². The molecule has 1 aromatic carbocycles. The second-order valence-electron chi connectivity index (χ2n) is 7.59. The van der Waals surface area contributed by atoms with Gasteiger partial charge in [0.05, 0.1) is 10.0 Å². The Morgan fingerprint density at radius 3 is 2.59 bits per heavy atom. The highest BCUT2D eigenvalue weighted by Crippen LogP contribution is 2.23. The molecule has 6 nitrogen and oxygen atoms in total. The molecule has 0 saturated carbocycles. The van der Waals surface area contributed by atoms with Gasteiger partial charge in [-0.25, -0.2) is 4.79 Å². The Balaban J connectivity index is 1.77. The average molecular weight is 414 g/mol. The highest BCUT2D eigenvalue weighted by molar-refractivity contribution is 6.42. The predicted molar refractivity (Wildman–Crippen MR) is 107 cm³/mol. The molecule has 148 valence electrons. The Labute approximate surface area is 169 Å². The first kappa shape index (κ1) is 21.5. The van der Waals surface area contributed by atoms with Crippen LogP contribution in [-0.4, -0.2) is 47.3 Å². The number of carbonyl (C=O) groups is 2. The molecule has 2 rings (SSSR count). The van der Waals surface area contributed by atoms with E-state index in [1.165, 1.54) is 0 Å². The number of carbonyl (C=O) groups excluding carboxylic acids is 2. The molecular formula is C19H25Cl2N3O3. The maximum Gasteiger partial charge on any atom is 0.410 e. The molecule has 8 heteroatoms. The van der Waals surface area contributed by atoms with Crippen molar-refractivity contribution in [2.24, 2.45) is 0 Å². The fourth-order valence-corrected chi connectivity index (χ4v) is 3.04. The summed E-state index contributed by atoms with van der Waals surface area (Å²) >= 11 is 11.8. The van der Waals surface area contributed by atoms with Gasteiger partial charge < -0.3 is 20.4 Å². The lowest BCUT2D eigenvalue weighted by Gasteiger charge is -2.24. The van der Waals surface area contributed by atoms with Crippen LogP contribution < -0.4 is 5.32 Å². The molecule has 0 aromatic heterocycles. The molecule has 1 aromatic rings. The summed E-state index contributed by atoms with van der Waals surface area (Å²) in [4.78, 5) is 25.8. The third-order valence-corrected chi connectivity index (χ3v) is 4.81. The lowest BCUT2D eigenvalue weighted by Crippen LogP contribution is -2.40. The van der Waals surface area contributed by atoms with Gasteiger partial charge in [0.2, 0.25) is 5.91 Å². The smallest absolute Gasteiger partial charge is 0.410 e. The number of amides is 2. The highest BCUT2D eigenvalue weighted by Gasteiger charge is 2.30. The van der Waals surface area contributed by atoms with Crippen molar-refractivity contribution in [3.8, 4) is 0 Å². The van der Waals surface area contributed by atoms with E-state index in [0.29, 0.717) is 47.3 Å². The van der Waals surface area contributed by atoms with Crippen LogP contribution in [0.25, 0.3) is 0 Å². The lowest BCUT2D eigenvalue weighted by atomic mass is 10.1. The molecule has 0 aliphatic carbocycles. The minimum absolute atomic E-state index is 0.0934. The minimum Gasteiger partial charge on any atom is -0.444 e. The van der Waals surface area contributed by atoms with E-state index in [9.17, 15) is 9.59 Å². The molecule has 0 radical (unpaired) electrons. The lowest BCUT2D eigenvalue weighted by molar-refractivity contribution is -0.121. The number of ether oxygens (including phenoxy) is 1. The molecule has 0 spiro atoms. The molecule has 1 unspecified atom stereocenters. The van der Waals surface area contributed by atoms with Crippen LogP contribution in [0.15, 0.2) is 18.2 Å². The third kappa shape index (κ3) is 6.70. The van der Waals surface area contributed by atoms with E-state index in [1.54, 1.807) is 23.1 Å². The van der Waals surface area contributed by atoms with E-state index >= 15 is 0 Å². The van der Waals surface area contributed by atoms with Crippen LogP contribution in [0.5, 0.6) is 0 Å². The molecule has 1 heterocycles. The summed E-state index contributed by atoms with van der Waals surface area (Å²) < 4.78 is 5.35. The van der Waals surface area contributed by atoms with Crippen LogP contribution in [0, 0.1) is 5.41 Å². The van der Waals surface area contributed by atoms with Gasteiger partial charge in [0, 0.05) is 31.3 Å². The van der Waals surface area contributed by atoms with Gasteiger partial charge in [-0.1, -0.05) is 29.3 Å². The Kier molecular flexibility index (Phi) is 7.12. The number of nitrogens with zero attached hydrogens (tertiary/aromatic N) is 1. The molecule has 1 fully saturated rings. The van der Waals surface area contributed by atoms with E-state index in [4.69, 9.17) is 33.3 Å². The molecule has 27 heavy (non-hydrogen) atoms. The third-order valence-electron chi connectivity index (χ3n) is 4.08. The van der Waals surface area contributed by atoms with Gasteiger partial charge >= 0.3 is 6.09 Å². The number of rotatable bonds is 5. The van der Waals surface area contributed by atoms with Crippen molar-refractivity contribution in [2.75, 3.05) is 13.1 Å². The number of benzene rings is 1. The van der Waals surface area contributed by atoms with Crippen LogP contribution in [0.3, 0.4) is 0 Å². The minimum atomic E-state index is -0.538. The number of halogens is 2. The predicted octanol–water partition coefficient (Wildman–Crippen LogP) is 4.27. The molecule has 1 saturated heterocycles. The molecule has 1 aliphatic rings. The van der Waals surface area contributed by atoms with E-state index in [2.05, 4.69) is 5.32 Å².